The maximum atomic E-state index is 12.0. The number of rotatable bonds is 5. The van der Waals surface area contributed by atoms with Crippen LogP contribution < -0.4 is 16.4 Å². The van der Waals surface area contributed by atoms with Crippen LogP contribution in [0.15, 0.2) is 0 Å². The minimum absolute atomic E-state index is 0.0732. The predicted octanol–water partition coefficient (Wildman–Crippen LogP) is 2.43. The Labute approximate surface area is 126 Å². The van der Waals surface area contributed by atoms with Crippen LogP contribution in [0.1, 0.15) is 54.4 Å². The Morgan fingerprint density at radius 1 is 1.10 bits per heavy atom. The van der Waals surface area contributed by atoms with Gasteiger partial charge >= 0.3 is 0 Å². The van der Waals surface area contributed by atoms with E-state index < -0.39 is 5.41 Å². The SMILES string of the molecule is CCCC(C)(C)Nc1nc(N)nc(NC(=O)C(C)(C)C)n1. The third kappa shape index (κ3) is 5.53. The summed E-state index contributed by atoms with van der Waals surface area (Å²) in [4.78, 5) is 24.2. The Morgan fingerprint density at radius 2 is 1.67 bits per heavy atom. The predicted molar refractivity (Wildman–Crippen MR) is 84.9 cm³/mol. The van der Waals surface area contributed by atoms with Crippen LogP contribution in [-0.4, -0.2) is 26.4 Å². The van der Waals surface area contributed by atoms with Gasteiger partial charge in [0.1, 0.15) is 0 Å². The molecular weight excluding hydrogens is 268 g/mol. The summed E-state index contributed by atoms with van der Waals surface area (Å²) in [6, 6.07) is 0. The number of carbonyl (C=O) groups excluding carboxylic acids is 1. The molecule has 1 amide bonds. The van der Waals surface area contributed by atoms with Crippen LogP contribution in [0.3, 0.4) is 0 Å². The van der Waals surface area contributed by atoms with Gasteiger partial charge in [0.25, 0.3) is 0 Å². The molecule has 0 aromatic carbocycles. The first kappa shape index (κ1) is 17.1. The highest BCUT2D eigenvalue weighted by molar-refractivity contribution is 5.93. The van der Waals surface area contributed by atoms with Gasteiger partial charge in [-0.3, -0.25) is 10.1 Å². The standard InChI is InChI=1S/C14H26N6O/c1-7-8-14(5,6)20-12-18-10(15)17-11(19-12)16-9(21)13(2,3)4/h7-8H2,1-6H3,(H4,15,16,17,18,19,20,21). The van der Waals surface area contributed by atoms with Crippen LogP contribution in [-0.2, 0) is 4.79 Å². The van der Waals surface area contributed by atoms with Crippen molar-refractivity contribution in [3.63, 3.8) is 0 Å². The summed E-state index contributed by atoms with van der Waals surface area (Å²) in [5.74, 6) is 0.429. The van der Waals surface area contributed by atoms with Crippen molar-refractivity contribution in [2.24, 2.45) is 5.41 Å². The van der Waals surface area contributed by atoms with Crippen molar-refractivity contribution in [2.45, 2.75) is 59.9 Å². The Hall–Kier alpha value is -1.92. The van der Waals surface area contributed by atoms with Crippen molar-refractivity contribution >= 4 is 23.8 Å². The molecule has 7 nitrogen and oxygen atoms in total. The van der Waals surface area contributed by atoms with E-state index in [4.69, 9.17) is 5.73 Å². The van der Waals surface area contributed by atoms with Crippen LogP contribution in [0.5, 0.6) is 0 Å². The Bertz CT molecular complexity index is 507. The highest BCUT2D eigenvalue weighted by Gasteiger charge is 2.23. The molecule has 118 valence electrons. The highest BCUT2D eigenvalue weighted by atomic mass is 16.2. The van der Waals surface area contributed by atoms with E-state index in [9.17, 15) is 4.79 Å². The molecule has 0 saturated heterocycles. The lowest BCUT2D eigenvalue weighted by atomic mass is 9.96. The van der Waals surface area contributed by atoms with Crippen molar-refractivity contribution in [1.82, 2.24) is 15.0 Å². The maximum absolute atomic E-state index is 12.0. The molecule has 21 heavy (non-hydrogen) atoms. The molecule has 0 saturated carbocycles. The molecule has 0 atom stereocenters. The molecule has 0 bridgehead atoms. The van der Waals surface area contributed by atoms with E-state index in [0.29, 0.717) is 5.95 Å². The van der Waals surface area contributed by atoms with Crippen LogP contribution in [0, 0.1) is 5.41 Å². The number of nitrogens with one attached hydrogen (secondary N) is 2. The minimum atomic E-state index is -0.531. The van der Waals surface area contributed by atoms with Crippen LogP contribution in [0.2, 0.25) is 0 Å². The number of nitrogen functional groups attached to an aromatic ring is 1. The summed E-state index contributed by atoms with van der Waals surface area (Å²) in [5.41, 5.74) is 4.99. The third-order valence-corrected chi connectivity index (χ3v) is 2.88. The Morgan fingerprint density at radius 3 is 2.19 bits per heavy atom. The second-order valence-electron chi connectivity index (χ2n) is 6.80. The molecule has 0 unspecified atom stereocenters. The first-order chi connectivity index (χ1) is 9.53. The lowest BCUT2D eigenvalue weighted by Gasteiger charge is -2.26. The minimum Gasteiger partial charge on any atom is -0.368 e. The first-order valence-electron chi connectivity index (χ1n) is 7.15. The van der Waals surface area contributed by atoms with Gasteiger partial charge in [-0.2, -0.15) is 15.0 Å². The molecule has 0 aliphatic rings. The number of aromatic nitrogens is 3. The fraction of sp³-hybridized carbons (Fsp3) is 0.714. The maximum Gasteiger partial charge on any atom is 0.236 e. The Balaban J connectivity index is 2.93. The number of amides is 1. The van der Waals surface area contributed by atoms with Crippen molar-refractivity contribution in [2.75, 3.05) is 16.4 Å². The van der Waals surface area contributed by atoms with Gasteiger partial charge in [0, 0.05) is 11.0 Å². The molecule has 1 aromatic heterocycles. The topological polar surface area (TPSA) is 106 Å². The molecule has 0 fully saturated rings. The summed E-state index contributed by atoms with van der Waals surface area (Å²) in [5, 5.41) is 5.88. The molecule has 0 spiro atoms. The monoisotopic (exact) mass is 294 g/mol. The van der Waals surface area contributed by atoms with Gasteiger partial charge < -0.3 is 11.1 Å². The highest BCUT2D eigenvalue weighted by Crippen LogP contribution is 2.19. The molecule has 7 heteroatoms. The van der Waals surface area contributed by atoms with Gasteiger partial charge in [-0.1, -0.05) is 34.1 Å². The van der Waals surface area contributed by atoms with E-state index in [0.717, 1.165) is 12.8 Å². The van der Waals surface area contributed by atoms with Gasteiger partial charge in [-0.05, 0) is 20.3 Å². The lowest BCUT2D eigenvalue weighted by molar-refractivity contribution is -0.123. The van der Waals surface area contributed by atoms with Crippen molar-refractivity contribution in [3.05, 3.63) is 0 Å². The molecule has 1 aromatic rings. The smallest absolute Gasteiger partial charge is 0.236 e. The van der Waals surface area contributed by atoms with Crippen molar-refractivity contribution < 1.29 is 4.79 Å². The molecule has 0 aliphatic carbocycles. The van der Waals surface area contributed by atoms with E-state index in [1.165, 1.54) is 0 Å². The van der Waals surface area contributed by atoms with Crippen LogP contribution >= 0.6 is 0 Å². The average molecular weight is 294 g/mol. The number of nitrogens with zero attached hydrogens (tertiary/aromatic N) is 3. The zero-order valence-electron chi connectivity index (χ0n) is 13.7. The van der Waals surface area contributed by atoms with E-state index in [1.54, 1.807) is 0 Å². The number of hydrogen-bond acceptors (Lipinski definition) is 6. The summed E-state index contributed by atoms with van der Waals surface area (Å²) in [6.45, 7) is 11.7. The average Bonchev–Trinajstić information content (AvgIpc) is 2.25. The third-order valence-electron chi connectivity index (χ3n) is 2.88. The number of hydrogen-bond donors (Lipinski definition) is 3. The molecule has 0 radical (unpaired) electrons. The first-order valence-corrected chi connectivity index (χ1v) is 7.15. The Kier molecular flexibility index (Phi) is 5.09. The second-order valence-corrected chi connectivity index (χ2v) is 6.80. The second kappa shape index (κ2) is 6.24. The molecule has 1 heterocycles. The molecular formula is C14H26N6O. The molecule has 4 N–H and O–H groups in total. The lowest BCUT2D eigenvalue weighted by Crippen LogP contribution is -2.32. The zero-order chi connectivity index (χ0) is 16.3. The quantitative estimate of drug-likeness (QED) is 0.770. The summed E-state index contributed by atoms with van der Waals surface area (Å²) in [7, 11) is 0. The largest absolute Gasteiger partial charge is 0.368 e. The fourth-order valence-electron chi connectivity index (χ4n) is 1.78. The van der Waals surface area contributed by atoms with Gasteiger partial charge in [0.05, 0.1) is 0 Å². The number of nitrogens with two attached hydrogens (primary N) is 1. The van der Waals surface area contributed by atoms with Gasteiger partial charge in [0.15, 0.2) is 0 Å². The van der Waals surface area contributed by atoms with Crippen molar-refractivity contribution in [1.29, 1.82) is 0 Å². The van der Waals surface area contributed by atoms with E-state index in [2.05, 4.69) is 46.4 Å². The van der Waals surface area contributed by atoms with Gasteiger partial charge in [-0.15, -0.1) is 0 Å². The summed E-state index contributed by atoms with van der Waals surface area (Å²) in [6.07, 6.45) is 2.00. The normalized spacial score (nSPS) is 12.1. The zero-order valence-corrected chi connectivity index (χ0v) is 13.7. The van der Waals surface area contributed by atoms with Gasteiger partial charge in [0.2, 0.25) is 23.8 Å². The van der Waals surface area contributed by atoms with Crippen LogP contribution in [0.4, 0.5) is 17.8 Å². The molecule has 1 rings (SSSR count). The van der Waals surface area contributed by atoms with Gasteiger partial charge in [-0.25, -0.2) is 0 Å². The molecule has 0 aliphatic heterocycles. The van der Waals surface area contributed by atoms with E-state index >= 15 is 0 Å². The summed E-state index contributed by atoms with van der Waals surface area (Å²) >= 11 is 0. The summed E-state index contributed by atoms with van der Waals surface area (Å²) < 4.78 is 0. The van der Waals surface area contributed by atoms with E-state index in [1.807, 2.05) is 20.8 Å². The van der Waals surface area contributed by atoms with Crippen LogP contribution in [0.25, 0.3) is 0 Å². The number of carbonyl (C=O) groups is 1. The number of anilines is 3. The van der Waals surface area contributed by atoms with E-state index in [-0.39, 0.29) is 23.3 Å². The fourth-order valence-corrected chi connectivity index (χ4v) is 1.78. The van der Waals surface area contributed by atoms with Crippen molar-refractivity contribution in [3.8, 4) is 0 Å².